The van der Waals surface area contributed by atoms with Crippen LogP contribution in [0.2, 0.25) is 0 Å². The smallest absolute Gasteiger partial charge is 0.861 e. The average Bonchev–Trinajstić information content (AvgIpc) is 2.80. The molecule has 0 heterocycles. The van der Waals surface area contributed by atoms with Gasteiger partial charge in [-0.05, 0) is 53.7 Å². The number of hydrogen-bond donors (Lipinski definition) is 3. The third-order valence-electron chi connectivity index (χ3n) is 4.55. The molecule has 13 nitrogen and oxygen atoms in total. The molecule has 0 amide bonds. The van der Waals surface area contributed by atoms with E-state index < -0.39 is 46.8 Å². The Balaban J connectivity index is 0.00000380. The Kier molecular flexibility index (Phi) is 13.7. The first-order chi connectivity index (χ1) is 17.2. The summed E-state index contributed by atoms with van der Waals surface area (Å²) in [5.74, 6) is -0.487. The van der Waals surface area contributed by atoms with E-state index in [1.54, 1.807) is 0 Å². The molecule has 0 aliphatic carbocycles. The fourth-order valence-electron chi connectivity index (χ4n) is 2.96. The van der Waals surface area contributed by atoms with Gasteiger partial charge in [-0.2, -0.15) is 21.9 Å². The van der Waals surface area contributed by atoms with Gasteiger partial charge in [0.05, 0.1) is 32.8 Å². The number of hydrogen-bond acceptors (Lipinski definition) is 10. The Hall–Kier alpha value is -0.960. The second-order valence-electron chi connectivity index (χ2n) is 7.17. The third kappa shape index (κ3) is 9.82. The molecule has 0 radical (unpaired) electrons. The van der Waals surface area contributed by atoms with E-state index in [9.17, 15) is 36.2 Å². The zero-order chi connectivity index (χ0) is 27.5. The molecule has 0 saturated carbocycles. The van der Waals surface area contributed by atoms with E-state index in [0.29, 0.717) is 11.4 Å². The van der Waals surface area contributed by atoms with Gasteiger partial charge in [-0.3, -0.25) is 14.1 Å². The van der Waals surface area contributed by atoms with Crippen molar-refractivity contribution in [2.24, 2.45) is 25.9 Å². The Labute approximate surface area is 284 Å². The predicted octanol–water partition coefficient (Wildman–Crippen LogP) is -3.39. The van der Waals surface area contributed by atoms with Crippen molar-refractivity contribution < 1.29 is 95.3 Å². The number of azo groups is 1. The van der Waals surface area contributed by atoms with Crippen LogP contribution in [0.4, 0.5) is 22.7 Å². The average molecular weight is 723 g/mol. The number of fused-ring (bicyclic) bond motifs is 1. The van der Waals surface area contributed by atoms with Crippen molar-refractivity contribution in [3.8, 4) is 0 Å². The molecule has 0 saturated heterocycles. The molecule has 0 aliphatic rings. The number of amidine groups is 1. The van der Waals surface area contributed by atoms with Gasteiger partial charge >= 0.3 is 59.1 Å². The topological polar surface area (TPSA) is 230 Å². The first-order valence-electron chi connectivity index (χ1n) is 9.74. The molecule has 0 bridgehead atoms. The molecular weight excluding hydrogens is 708 g/mol. The van der Waals surface area contributed by atoms with Crippen LogP contribution in [-0.2, 0) is 20.2 Å². The van der Waals surface area contributed by atoms with Crippen molar-refractivity contribution in [2.75, 3.05) is 5.33 Å². The van der Waals surface area contributed by atoms with E-state index in [1.807, 2.05) is 0 Å². The Bertz CT molecular complexity index is 1680. The first kappa shape index (κ1) is 36.1. The van der Waals surface area contributed by atoms with E-state index in [0.717, 1.165) is 6.07 Å². The summed E-state index contributed by atoms with van der Waals surface area (Å²) in [4.78, 5) is 5.46. The van der Waals surface area contributed by atoms with Crippen LogP contribution in [0.5, 0.6) is 0 Å². The quantitative estimate of drug-likeness (QED) is 0.0525. The van der Waals surface area contributed by atoms with Gasteiger partial charge in [-0.15, -0.1) is 5.11 Å². The summed E-state index contributed by atoms with van der Waals surface area (Å²) >= 11 is 6.31. The van der Waals surface area contributed by atoms with Crippen molar-refractivity contribution in [1.82, 2.24) is 0 Å². The van der Waals surface area contributed by atoms with Crippen LogP contribution < -0.4 is 75.1 Å². The van der Waals surface area contributed by atoms with Crippen molar-refractivity contribution in [3.05, 3.63) is 48.5 Å². The zero-order valence-electron chi connectivity index (χ0n) is 20.2. The van der Waals surface area contributed by atoms with Gasteiger partial charge in [0.25, 0.3) is 20.2 Å². The number of benzene rings is 3. The van der Waals surface area contributed by atoms with Gasteiger partial charge in [0.1, 0.15) is 10.6 Å². The molecule has 0 aromatic heterocycles. The maximum atomic E-state index is 12.0. The van der Waals surface area contributed by atoms with E-state index in [1.165, 1.54) is 36.4 Å². The monoisotopic (exact) mass is 721 g/mol. The fraction of sp³-hybridized carbons (Fsp3) is 0.100. The van der Waals surface area contributed by atoms with E-state index in [2.05, 4.69) is 52.1 Å². The van der Waals surface area contributed by atoms with Gasteiger partial charge in [-0.1, -0.05) is 37.9 Å². The Morgan fingerprint density at radius 3 is 2.08 bits per heavy atom. The SMILES string of the molecule is NC([O-])=Nc1cc(N=C([O-])C(Br)CBr)ccc1N=Nc1ccc2cc(S(=O)(=O)O)cc(S(=O)(=O)O)c2c1.[Na+].[Na+]. The largest absolute Gasteiger partial charge is 1.00 e. The van der Waals surface area contributed by atoms with Gasteiger partial charge in [0.15, 0.2) is 0 Å². The van der Waals surface area contributed by atoms with Crippen LogP contribution in [-0.4, -0.2) is 48.0 Å². The molecule has 3 rings (SSSR count). The third-order valence-corrected chi connectivity index (χ3v) is 8.51. The molecule has 196 valence electrons. The van der Waals surface area contributed by atoms with Gasteiger partial charge in [0, 0.05) is 10.7 Å². The van der Waals surface area contributed by atoms with Gasteiger partial charge in [0.2, 0.25) is 0 Å². The molecule has 3 aromatic carbocycles. The van der Waals surface area contributed by atoms with Crippen LogP contribution >= 0.6 is 31.9 Å². The molecule has 0 spiro atoms. The summed E-state index contributed by atoms with van der Waals surface area (Å²) in [6.07, 6.45) is 0. The number of alkyl halides is 2. The van der Waals surface area contributed by atoms with Crippen LogP contribution in [0.25, 0.3) is 10.8 Å². The maximum absolute atomic E-state index is 12.0. The summed E-state index contributed by atoms with van der Waals surface area (Å²) in [6.45, 7) is 0. The van der Waals surface area contributed by atoms with E-state index in [4.69, 9.17) is 5.73 Å². The summed E-state index contributed by atoms with van der Waals surface area (Å²) in [6, 6.07) is 8.53. The summed E-state index contributed by atoms with van der Waals surface area (Å²) < 4.78 is 65.6. The summed E-state index contributed by atoms with van der Waals surface area (Å²) in [5.41, 5.74) is 5.41. The van der Waals surface area contributed by atoms with Crippen LogP contribution in [0.15, 0.2) is 78.5 Å². The Morgan fingerprint density at radius 2 is 1.51 bits per heavy atom. The molecular formula is C20H15Br2N5Na2O8S2. The fourth-order valence-corrected chi connectivity index (χ4v) is 4.69. The van der Waals surface area contributed by atoms with E-state index in [-0.39, 0.29) is 92.6 Å². The van der Waals surface area contributed by atoms with Gasteiger partial charge < -0.3 is 15.9 Å². The summed E-state index contributed by atoms with van der Waals surface area (Å²) in [7, 11) is -9.66. The summed E-state index contributed by atoms with van der Waals surface area (Å²) in [5, 5.41) is 31.7. The maximum Gasteiger partial charge on any atom is 1.00 e. The molecule has 4 N–H and O–H groups in total. The minimum atomic E-state index is -4.90. The molecule has 0 aliphatic heterocycles. The number of nitrogens with two attached hydrogens (primary N) is 1. The Morgan fingerprint density at radius 1 is 0.872 bits per heavy atom. The molecule has 0 fully saturated rings. The number of nitrogens with zero attached hydrogens (tertiary/aromatic N) is 4. The number of halogens is 2. The van der Waals surface area contributed by atoms with Crippen LogP contribution in [0.3, 0.4) is 0 Å². The molecule has 19 heteroatoms. The van der Waals surface area contributed by atoms with Crippen molar-refractivity contribution >= 4 is 97.5 Å². The predicted molar refractivity (Wildman–Crippen MR) is 139 cm³/mol. The minimum Gasteiger partial charge on any atom is -0.861 e. The normalized spacial score (nSPS) is 13.6. The van der Waals surface area contributed by atoms with Crippen molar-refractivity contribution in [3.63, 3.8) is 0 Å². The first-order valence-corrected chi connectivity index (χ1v) is 14.7. The number of rotatable bonds is 8. The standard InChI is InChI=1S/C20H17Br2N5O8S2.2Na/c21-9-15(22)19(28)24-11-3-4-16(17(7-11)25-20(23)29)27-26-12-2-1-10-5-13(36(30,31)32)8-18(14(10)6-12)37(33,34)35;;/h1-8,15H,9H2,(H,24,28)(H3,23,25,29)(H,30,31,32)(H,33,34,35);;/q;2*+1/p-2. The molecule has 1 atom stereocenters. The minimum absolute atomic E-state index is 0. The second kappa shape index (κ2) is 14.8. The number of aliphatic imine (C=N–C) groups is 2. The van der Waals surface area contributed by atoms with Crippen molar-refractivity contribution in [1.29, 1.82) is 0 Å². The van der Waals surface area contributed by atoms with Crippen molar-refractivity contribution in [2.45, 2.75) is 14.6 Å². The van der Waals surface area contributed by atoms with Crippen LogP contribution in [0, 0.1) is 0 Å². The van der Waals surface area contributed by atoms with Gasteiger partial charge in [-0.25, -0.2) is 4.99 Å². The molecule has 1 unspecified atom stereocenters. The molecule has 3 aromatic rings. The second-order valence-corrected chi connectivity index (χ2v) is 11.7. The molecule has 39 heavy (non-hydrogen) atoms. The zero-order valence-corrected chi connectivity index (χ0v) is 29.0. The van der Waals surface area contributed by atoms with E-state index >= 15 is 0 Å². The van der Waals surface area contributed by atoms with Crippen LogP contribution in [0.1, 0.15) is 0 Å².